The first-order valence-corrected chi connectivity index (χ1v) is 8.99. The highest BCUT2D eigenvalue weighted by atomic mass is 19.2. The van der Waals surface area contributed by atoms with E-state index >= 15 is 0 Å². The van der Waals surface area contributed by atoms with Crippen LogP contribution in [0.25, 0.3) is 5.57 Å². The van der Waals surface area contributed by atoms with E-state index in [2.05, 4.69) is 15.0 Å². The largest absolute Gasteiger partial charge is 0.402 e. The highest BCUT2D eigenvalue weighted by molar-refractivity contribution is 6.09. The molecule has 0 atom stereocenters. The van der Waals surface area contributed by atoms with Crippen LogP contribution in [0.1, 0.15) is 31.0 Å². The van der Waals surface area contributed by atoms with Crippen molar-refractivity contribution in [1.29, 1.82) is 0 Å². The fraction of sp³-hybridized carbons (Fsp3) is 0.350. The molecule has 1 saturated heterocycles. The topological polar surface area (TPSA) is 87.6 Å². The van der Waals surface area contributed by atoms with E-state index in [1.165, 1.54) is 6.07 Å². The molecule has 0 radical (unpaired) electrons. The van der Waals surface area contributed by atoms with Gasteiger partial charge in [-0.3, -0.25) is 4.99 Å². The minimum Gasteiger partial charge on any atom is -0.402 e. The van der Waals surface area contributed by atoms with Crippen LogP contribution >= 0.6 is 0 Å². The summed E-state index contributed by atoms with van der Waals surface area (Å²) < 4.78 is 26.7. The molecule has 1 aromatic carbocycles. The van der Waals surface area contributed by atoms with Crippen LogP contribution in [0.4, 0.5) is 14.7 Å². The summed E-state index contributed by atoms with van der Waals surface area (Å²) in [7, 11) is 1.66. The molecule has 0 bridgehead atoms. The lowest BCUT2D eigenvalue weighted by Crippen LogP contribution is -2.43. The summed E-state index contributed by atoms with van der Waals surface area (Å²) in [4.78, 5) is 14.9. The summed E-state index contributed by atoms with van der Waals surface area (Å²) in [5.74, 6) is -1.36. The number of piperidine rings is 1. The molecule has 2 heterocycles. The van der Waals surface area contributed by atoms with Crippen molar-refractivity contribution < 1.29 is 13.9 Å². The van der Waals surface area contributed by atoms with E-state index < -0.39 is 17.2 Å². The second kappa shape index (κ2) is 8.02. The highest BCUT2D eigenvalue weighted by Crippen LogP contribution is 2.34. The van der Waals surface area contributed by atoms with Gasteiger partial charge in [-0.25, -0.2) is 18.7 Å². The van der Waals surface area contributed by atoms with Crippen molar-refractivity contribution in [1.82, 2.24) is 9.97 Å². The number of nitrogens with two attached hydrogens (primary N) is 1. The summed E-state index contributed by atoms with van der Waals surface area (Å²) in [6.45, 7) is 2.73. The SMILES string of the molecule is CN=C/C(=C(/C)N)c1ccnc(N2CCC(O)(c3ccc(F)c(F)c3)CC2)n1. The number of anilines is 1. The summed E-state index contributed by atoms with van der Waals surface area (Å²) in [5, 5.41) is 10.9. The summed E-state index contributed by atoms with van der Waals surface area (Å²) in [6.07, 6.45) is 4.00. The minimum absolute atomic E-state index is 0.348. The van der Waals surface area contributed by atoms with Crippen molar-refractivity contribution in [3.63, 3.8) is 0 Å². The van der Waals surface area contributed by atoms with Crippen LogP contribution in [0, 0.1) is 11.6 Å². The third-order valence-corrected chi connectivity index (χ3v) is 4.93. The fourth-order valence-corrected chi connectivity index (χ4v) is 3.30. The number of aliphatic hydroxyl groups is 1. The first-order valence-electron chi connectivity index (χ1n) is 8.99. The second-order valence-electron chi connectivity index (χ2n) is 6.87. The monoisotopic (exact) mass is 387 g/mol. The molecule has 0 saturated carbocycles. The molecule has 6 nitrogen and oxygen atoms in total. The predicted octanol–water partition coefficient (Wildman–Crippen LogP) is 2.63. The van der Waals surface area contributed by atoms with Gasteiger partial charge in [0.05, 0.1) is 11.3 Å². The number of nitrogens with zero attached hydrogens (tertiary/aromatic N) is 4. The van der Waals surface area contributed by atoms with Crippen LogP contribution in [0.2, 0.25) is 0 Å². The lowest BCUT2D eigenvalue weighted by atomic mass is 9.84. The third kappa shape index (κ3) is 4.01. The summed E-state index contributed by atoms with van der Waals surface area (Å²) in [5.41, 5.74) is 7.08. The zero-order valence-electron chi connectivity index (χ0n) is 15.9. The van der Waals surface area contributed by atoms with E-state index in [-0.39, 0.29) is 0 Å². The van der Waals surface area contributed by atoms with Gasteiger partial charge in [-0.15, -0.1) is 0 Å². The zero-order chi connectivity index (χ0) is 20.3. The molecule has 0 spiro atoms. The molecule has 1 fully saturated rings. The molecule has 2 aromatic rings. The molecule has 1 aliphatic heterocycles. The van der Waals surface area contributed by atoms with Crippen LogP contribution in [0.3, 0.4) is 0 Å². The smallest absolute Gasteiger partial charge is 0.225 e. The van der Waals surface area contributed by atoms with Gasteiger partial charge < -0.3 is 15.7 Å². The fourth-order valence-electron chi connectivity index (χ4n) is 3.30. The highest BCUT2D eigenvalue weighted by Gasteiger charge is 2.35. The first-order chi connectivity index (χ1) is 13.3. The number of hydrogen-bond acceptors (Lipinski definition) is 6. The Bertz CT molecular complexity index is 917. The number of rotatable bonds is 4. The maximum atomic E-state index is 13.6. The molecule has 148 valence electrons. The number of aromatic nitrogens is 2. The Labute approximate surface area is 162 Å². The zero-order valence-corrected chi connectivity index (χ0v) is 15.9. The van der Waals surface area contributed by atoms with E-state index in [9.17, 15) is 13.9 Å². The molecule has 1 aromatic heterocycles. The van der Waals surface area contributed by atoms with Gasteiger partial charge >= 0.3 is 0 Å². The normalized spacial score (nSPS) is 17.7. The van der Waals surface area contributed by atoms with Gasteiger partial charge in [-0.2, -0.15) is 0 Å². The Morgan fingerprint density at radius 2 is 1.96 bits per heavy atom. The van der Waals surface area contributed by atoms with Gasteiger partial charge in [-0.05, 0) is 43.5 Å². The lowest BCUT2D eigenvalue weighted by Gasteiger charge is -2.38. The Morgan fingerprint density at radius 1 is 1.25 bits per heavy atom. The minimum atomic E-state index is -1.21. The van der Waals surface area contributed by atoms with E-state index in [1.54, 1.807) is 32.4 Å². The van der Waals surface area contributed by atoms with Gasteiger partial charge in [0, 0.05) is 43.8 Å². The maximum Gasteiger partial charge on any atom is 0.225 e. The second-order valence-corrected chi connectivity index (χ2v) is 6.87. The molecule has 8 heteroatoms. The lowest BCUT2D eigenvalue weighted by molar-refractivity contribution is 0.0111. The quantitative estimate of drug-likeness (QED) is 0.788. The van der Waals surface area contributed by atoms with Gasteiger partial charge in [0.25, 0.3) is 0 Å². The molecule has 1 aliphatic rings. The van der Waals surface area contributed by atoms with E-state index in [0.29, 0.717) is 48.8 Å². The van der Waals surface area contributed by atoms with Gasteiger partial charge in [0.2, 0.25) is 5.95 Å². The Kier molecular flexibility index (Phi) is 5.69. The van der Waals surface area contributed by atoms with Crippen molar-refractivity contribution in [2.45, 2.75) is 25.4 Å². The molecule has 0 aliphatic carbocycles. The van der Waals surface area contributed by atoms with Crippen molar-refractivity contribution in [3.05, 3.63) is 59.1 Å². The van der Waals surface area contributed by atoms with E-state index in [4.69, 9.17) is 5.73 Å². The van der Waals surface area contributed by atoms with Crippen molar-refractivity contribution >= 4 is 17.7 Å². The van der Waals surface area contributed by atoms with Crippen molar-refractivity contribution in [2.75, 3.05) is 25.0 Å². The molecular weight excluding hydrogens is 364 g/mol. The third-order valence-electron chi connectivity index (χ3n) is 4.93. The van der Waals surface area contributed by atoms with Crippen LogP contribution in [0.5, 0.6) is 0 Å². The van der Waals surface area contributed by atoms with Crippen molar-refractivity contribution in [3.8, 4) is 0 Å². The summed E-state index contributed by atoms with van der Waals surface area (Å²) >= 11 is 0. The Hall–Kier alpha value is -2.87. The molecule has 28 heavy (non-hydrogen) atoms. The average Bonchev–Trinajstić information content (AvgIpc) is 2.68. The standard InChI is InChI=1S/C20H23F2N5O/c1-13(23)15(12-24-2)18-5-8-25-19(26-18)27-9-6-20(28,7-10-27)14-3-4-16(21)17(22)11-14/h3-5,8,11-12,28H,6-7,9-10,23H2,1-2H3/b15-13+,24-12?. The van der Waals surface area contributed by atoms with Gasteiger partial charge in [-0.1, -0.05) is 6.07 Å². The number of hydrogen-bond donors (Lipinski definition) is 2. The number of aliphatic imine (C=N–C) groups is 1. The van der Waals surface area contributed by atoms with Gasteiger partial charge in [0.15, 0.2) is 11.6 Å². The van der Waals surface area contributed by atoms with E-state index in [1.807, 2.05) is 4.90 Å². The van der Waals surface area contributed by atoms with Crippen molar-refractivity contribution in [2.24, 2.45) is 10.7 Å². The van der Waals surface area contributed by atoms with E-state index in [0.717, 1.165) is 17.7 Å². The molecule has 0 amide bonds. The summed E-state index contributed by atoms with van der Waals surface area (Å²) in [6, 6.07) is 5.29. The first kappa shape index (κ1) is 19.9. The number of allylic oxidation sites excluding steroid dienone is 2. The Balaban J connectivity index is 1.79. The Morgan fingerprint density at radius 3 is 2.57 bits per heavy atom. The number of halogens is 2. The van der Waals surface area contributed by atoms with Crippen LogP contribution in [-0.2, 0) is 5.60 Å². The van der Waals surface area contributed by atoms with Gasteiger partial charge in [0.1, 0.15) is 0 Å². The van der Waals surface area contributed by atoms with Crippen LogP contribution in [-0.4, -0.2) is 41.4 Å². The van der Waals surface area contributed by atoms with Crippen LogP contribution in [0.15, 0.2) is 41.2 Å². The van der Waals surface area contributed by atoms with Crippen LogP contribution < -0.4 is 10.6 Å². The molecule has 0 unspecified atom stereocenters. The average molecular weight is 387 g/mol. The predicted molar refractivity (Wildman–Crippen MR) is 105 cm³/mol. The molecule has 3 rings (SSSR count). The maximum absolute atomic E-state index is 13.6. The number of benzene rings is 1. The molecule has 3 N–H and O–H groups in total. The molecular formula is C20H23F2N5O.